The molecule has 0 amide bonds. The van der Waals surface area contributed by atoms with E-state index >= 15 is 0 Å². The van der Waals surface area contributed by atoms with Crippen molar-refractivity contribution in [3.8, 4) is 0 Å². The molecule has 4 heteroatoms. The number of Topliss-reactive ketones (excluding diaryl/α,β-unsaturated/α-hetero) is 2. The van der Waals surface area contributed by atoms with Crippen molar-refractivity contribution in [2.24, 2.45) is 34.5 Å². The summed E-state index contributed by atoms with van der Waals surface area (Å²) in [5, 5.41) is 20.9. The fourth-order valence-electron chi connectivity index (χ4n) is 6.97. The van der Waals surface area contributed by atoms with E-state index in [1.807, 2.05) is 6.92 Å². The lowest BCUT2D eigenvalue weighted by Gasteiger charge is -2.61. The number of aliphatic hydroxyl groups excluding tert-OH is 2. The first-order valence-electron chi connectivity index (χ1n) is 11.0. The van der Waals surface area contributed by atoms with Gasteiger partial charge in [0.25, 0.3) is 0 Å². The minimum Gasteiger partial charge on any atom is -0.393 e. The molecule has 0 aliphatic heterocycles. The molecule has 5 unspecified atom stereocenters. The molecule has 4 aliphatic rings. The van der Waals surface area contributed by atoms with Crippen molar-refractivity contribution in [1.82, 2.24) is 0 Å². The lowest BCUT2D eigenvalue weighted by molar-refractivity contribution is -0.171. The molecule has 4 saturated carbocycles. The van der Waals surface area contributed by atoms with E-state index in [-0.39, 0.29) is 28.8 Å². The highest BCUT2D eigenvalue weighted by Crippen LogP contribution is 2.65. The molecule has 0 spiro atoms. The van der Waals surface area contributed by atoms with Gasteiger partial charge in [-0.1, -0.05) is 20.8 Å². The topological polar surface area (TPSA) is 74.6 Å². The van der Waals surface area contributed by atoms with Gasteiger partial charge in [0.1, 0.15) is 11.6 Å². The van der Waals surface area contributed by atoms with Crippen LogP contribution in [0.15, 0.2) is 0 Å². The summed E-state index contributed by atoms with van der Waals surface area (Å²) >= 11 is 0. The minimum atomic E-state index is -0.274. The summed E-state index contributed by atoms with van der Waals surface area (Å²) in [5.74, 6) is 2.38. The van der Waals surface area contributed by atoms with Crippen LogP contribution in [-0.2, 0) is 9.59 Å². The maximum atomic E-state index is 12.4. The summed E-state index contributed by atoms with van der Waals surface area (Å²) in [6.07, 6.45) is 7.70. The summed E-state index contributed by atoms with van der Waals surface area (Å²) in [5.41, 5.74) is 0.0929. The van der Waals surface area contributed by atoms with Crippen molar-refractivity contribution in [3.63, 3.8) is 0 Å². The third-order valence-corrected chi connectivity index (χ3v) is 8.86. The van der Waals surface area contributed by atoms with E-state index in [2.05, 4.69) is 13.8 Å². The Kier molecular flexibility index (Phi) is 5.90. The molecule has 4 rings (SSSR count). The van der Waals surface area contributed by atoms with E-state index in [9.17, 15) is 19.8 Å². The van der Waals surface area contributed by atoms with Gasteiger partial charge in [0.15, 0.2) is 0 Å². The average Bonchev–Trinajstić information content (AvgIpc) is 2.92. The predicted molar refractivity (Wildman–Crippen MR) is 105 cm³/mol. The molecule has 4 nitrogen and oxygen atoms in total. The molecular formula is C23H38O4. The number of carbonyl (C=O) groups excluding carboxylic acids is 2. The van der Waals surface area contributed by atoms with Crippen LogP contribution in [0.3, 0.4) is 0 Å². The molecule has 0 saturated heterocycles. The third kappa shape index (κ3) is 3.53. The summed E-state index contributed by atoms with van der Waals surface area (Å²) < 4.78 is 0. The van der Waals surface area contributed by atoms with Crippen LogP contribution < -0.4 is 0 Å². The Morgan fingerprint density at radius 2 is 1.74 bits per heavy atom. The summed E-state index contributed by atoms with van der Waals surface area (Å²) in [4.78, 5) is 22.2. The van der Waals surface area contributed by atoms with Gasteiger partial charge >= 0.3 is 0 Å². The number of fused-ring (bicyclic) bond motifs is 5. The van der Waals surface area contributed by atoms with Crippen LogP contribution in [0, 0.1) is 34.5 Å². The molecule has 0 aromatic rings. The van der Waals surface area contributed by atoms with Crippen molar-refractivity contribution in [1.29, 1.82) is 0 Å². The Morgan fingerprint density at radius 1 is 1.07 bits per heavy atom. The van der Waals surface area contributed by atoms with Crippen molar-refractivity contribution >= 4 is 11.6 Å². The van der Waals surface area contributed by atoms with Crippen molar-refractivity contribution < 1.29 is 19.8 Å². The first-order valence-corrected chi connectivity index (χ1v) is 11.0. The highest BCUT2D eigenvalue weighted by molar-refractivity contribution is 5.87. The first kappa shape index (κ1) is 21.0. The lowest BCUT2D eigenvalue weighted by Crippen LogP contribution is -2.58. The maximum absolute atomic E-state index is 12.4. The fourth-order valence-corrected chi connectivity index (χ4v) is 6.97. The van der Waals surface area contributed by atoms with Crippen LogP contribution in [0.2, 0.25) is 0 Å². The van der Waals surface area contributed by atoms with Crippen LogP contribution in [0.5, 0.6) is 0 Å². The molecule has 4 fully saturated rings. The van der Waals surface area contributed by atoms with E-state index in [0.717, 1.165) is 51.4 Å². The predicted octanol–water partition coefficient (Wildman–Crippen LogP) is 3.92. The fraction of sp³-hybridized carbons (Fsp3) is 0.913. The Morgan fingerprint density at radius 3 is 2.37 bits per heavy atom. The number of hydrogen-bond acceptors (Lipinski definition) is 4. The zero-order valence-corrected chi connectivity index (χ0v) is 17.5. The minimum absolute atomic E-state index is 0.167. The Labute approximate surface area is 164 Å². The van der Waals surface area contributed by atoms with Gasteiger partial charge in [0.05, 0.1) is 12.2 Å². The van der Waals surface area contributed by atoms with Gasteiger partial charge in [-0.2, -0.15) is 0 Å². The molecule has 0 radical (unpaired) electrons. The van der Waals surface area contributed by atoms with E-state index in [1.165, 1.54) is 0 Å². The van der Waals surface area contributed by atoms with E-state index in [0.29, 0.717) is 35.9 Å². The van der Waals surface area contributed by atoms with E-state index in [1.54, 1.807) is 6.92 Å². The van der Waals surface area contributed by atoms with Gasteiger partial charge in [-0.15, -0.1) is 0 Å². The van der Waals surface area contributed by atoms with Gasteiger partial charge in [-0.25, -0.2) is 0 Å². The standard InChI is InChI=1S/C19H30O3.C4H8O/c1-18-7-5-12(20)9-11(18)10-15(21)17-13-3-4-16(22)19(13,2)8-6-14(17)18;1-3-4(2)5/h11-15,17,20-21H,3-10H2,1-2H3;3H2,1-2H3/t11-,12+,13?,14?,15-,17?,18?,19?;/m1./s1. The normalized spacial score (nSPS) is 48.6. The number of rotatable bonds is 1. The molecule has 2 N–H and O–H groups in total. The second-order valence-electron chi connectivity index (χ2n) is 10.2. The van der Waals surface area contributed by atoms with Crippen molar-refractivity contribution in [3.05, 3.63) is 0 Å². The first-order chi connectivity index (χ1) is 12.6. The van der Waals surface area contributed by atoms with E-state index in [4.69, 9.17) is 0 Å². The molecule has 0 aromatic carbocycles. The van der Waals surface area contributed by atoms with Crippen LogP contribution in [0.4, 0.5) is 0 Å². The SMILES string of the molecule is CC12CCC3C(C1CCC2=O)[C@H](O)C[C@H]1C[C@@H](O)CCC31C.CCC(C)=O. The van der Waals surface area contributed by atoms with Crippen LogP contribution in [0.25, 0.3) is 0 Å². The molecule has 154 valence electrons. The monoisotopic (exact) mass is 378 g/mol. The summed E-state index contributed by atoms with van der Waals surface area (Å²) in [7, 11) is 0. The van der Waals surface area contributed by atoms with Gasteiger partial charge in [-0.05, 0) is 81.0 Å². The number of carbonyl (C=O) groups is 2. The Hall–Kier alpha value is -0.740. The number of ketones is 2. The highest BCUT2D eigenvalue weighted by atomic mass is 16.3. The summed E-state index contributed by atoms with van der Waals surface area (Å²) in [6.45, 7) is 8.00. The van der Waals surface area contributed by atoms with Crippen molar-refractivity contribution in [2.45, 2.75) is 97.7 Å². The van der Waals surface area contributed by atoms with E-state index < -0.39 is 0 Å². The van der Waals surface area contributed by atoms with Crippen LogP contribution in [-0.4, -0.2) is 34.0 Å². The molecule has 8 atom stereocenters. The lowest BCUT2D eigenvalue weighted by atomic mass is 9.44. The third-order valence-electron chi connectivity index (χ3n) is 8.86. The molecule has 0 heterocycles. The van der Waals surface area contributed by atoms with Crippen molar-refractivity contribution in [2.75, 3.05) is 0 Å². The average molecular weight is 379 g/mol. The van der Waals surface area contributed by atoms with Crippen LogP contribution in [0.1, 0.15) is 85.5 Å². The second kappa shape index (κ2) is 7.59. The number of aliphatic hydroxyl groups is 2. The van der Waals surface area contributed by atoms with Crippen LogP contribution >= 0.6 is 0 Å². The number of hydrogen-bond donors (Lipinski definition) is 2. The largest absolute Gasteiger partial charge is 0.393 e. The Bertz CT molecular complexity index is 587. The highest BCUT2D eigenvalue weighted by Gasteiger charge is 2.62. The quantitative estimate of drug-likeness (QED) is 0.725. The summed E-state index contributed by atoms with van der Waals surface area (Å²) in [6, 6.07) is 0. The smallest absolute Gasteiger partial charge is 0.139 e. The molecule has 4 aliphatic carbocycles. The van der Waals surface area contributed by atoms with Gasteiger partial charge in [0.2, 0.25) is 0 Å². The van der Waals surface area contributed by atoms with Gasteiger partial charge in [-0.3, -0.25) is 4.79 Å². The molecule has 0 bridgehead atoms. The zero-order chi connectivity index (χ0) is 20.0. The molecule has 0 aromatic heterocycles. The van der Waals surface area contributed by atoms with Gasteiger partial charge in [0, 0.05) is 18.3 Å². The maximum Gasteiger partial charge on any atom is 0.139 e. The molecule has 27 heavy (non-hydrogen) atoms. The zero-order valence-electron chi connectivity index (χ0n) is 17.5. The molecular weight excluding hydrogens is 340 g/mol. The second-order valence-corrected chi connectivity index (χ2v) is 10.2. The Balaban J connectivity index is 0.000000376. The van der Waals surface area contributed by atoms with Gasteiger partial charge < -0.3 is 15.0 Å².